The van der Waals surface area contributed by atoms with Gasteiger partial charge in [0, 0.05) is 5.56 Å². The number of rotatable bonds is 4. The number of hydrogen-bond acceptors (Lipinski definition) is 4. The number of nitrogens with one attached hydrogen (secondary N) is 2. The number of amides is 2. The van der Waals surface area contributed by atoms with Crippen molar-refractivity contribution in [1.29, 1.82) is 0 Å². The molecule has 0 saturated carbocycles. The molecular weight excluding hydrogens is 390 g/mol. The van der Waals surface area contributed by atoms with Crippen molar-refractivity contribution < 1.29 is 18.0 Å². The van der Waals surface area contributed by atoms with Gasteiger partial charge in [0.15, 0.2) is 0 Å². The van der Waals surface area contributed by atoms with Gasteiger partial charge in [-0.3, -0.25) is 20.4 Å². The number of carbonyl (C=O) groups is 2. The van der Waals surface area contributed by atoms with E-state index in [4.69, 9.17) is 16.7 Å². The maximum Gasteiger partial charge on any atom is 0.269 e. The zero-order valence-electron chi connectivity index (χ0n) is 14.3. The lowest BCUT2D eigenvalue weighted by Gasteiger charge is -2.10. The molecule has 0 spiro atoms. The zero-order chi connectivity index (χ0) is 19.6. The van der Waals surface area contributed by atoms with Gasteiger partial charge in [-0.15, -0.1) is 0 Å². The van der Waals surface area contributed by atoms with Crippen LogP contribution in [0.25, 0.3) is 0 Å². The highest BCUT2D eigenvalue weighted by Gasteiger charge is 2.17. The van der Waals surface area contributed by atoms with Crippen LogP contribution in [0.5, 0.6) is 0 Å². The molecule has 7 nitrogen and oxygen atoms in total. The average molecular weight is 408 g/mol. The summed E-state index contributed by atoms with van der Waals surface area (Å²) >= 11 is 5.78. The van der Waals surface area contributed by atoms with E-state index in [0.717, 1.165) is 30.9 Å². The van der Waals surface area contributed by atoms with Crippen LogP contribution in [-0.4, -0.2) is 20.2 Å². The van der Waals surface area contributed by atoms with Crippen molar-refractivity contribution >= 4 is 33.4 Å². The number of hydrogen-bond donors (Lipinski definition) is 3. The van der Waals surface area contributed by atoms with Crippen LogP contribution in [-0.2, 0) is 34.1 Å². The molecule has 2 aromatic rings. The van der Waals surface area contributed by atoms with Gasteiger partial charge in [0.25, 0.3) is 5.91 Å². The summed E-state index contributed by atoms with van der Waals surface area (Å²) in [6.07, 6.45) is 3.34. The van der Waals surface area contributed by atoms with Crippen LogP contribution in [0.1, 0.15) is 33.5 Å². The first-order valence-electron chi connectivity index (χ1n) is 8.26. The van der Waals surface area contributed by atoms with Gasteiger partial charge < -0.3 is 0 Å². The van der Waals surface area contributed by atoms with Crippen LogP contribution in [0.4, 0.5) is 0 Å². The van der Waals surface area contributed by atoms with Crippen molar-refractivity contribution in [2.45, 2.75) is 30.6 Å². The minimum absolute atomic E-state index is 0.00116. The van der Waals surface area contributed by atoms with Gasteiger partial charge in [-0.2, -0.15) is 0 Å². The SMILES string of the molecule is NS(=O)(=O)c1cc(C(=O)NNC(=O)Cc2ccc3c(c2)CCC3)ccc1Cl. The Morgan fingerprint density at radius 3 is 2.52 bits per heavy atom. The van der Waals surface area contributed by atoms with Gasteiger partial charge in [-0.05, 0) is 54.2 Å². The third kappa shape index (κ3) is 4.65. The highest BCUT2D eigenvalue weighted by atomic mass is 35.5. The highest BCUT2D eigenvalue weighted by Crippen LogP contribution is 2.23. The Morgan fingerprint density at radius 1 is 1.04 bits per heavy atom. The van der Waals surface area contributed by atoms with Crippen molar-refractivity contribution in [3.8, 4) is 0 Å². The first-order chi connectivity index (χ1) is 12.7. The molecule has 0 saturated heterocycles. The van der Waals surface area contributed by atoms with Crippen LogP contribution >= 0.6 is 11.6 Å². The lowest BCUT2D eigenvalue weighted by Crippen LogP contribution is -2.42. The molecule has 0 radical (unpaired) electrons. The summed E-state index contributed by atoms with van der Waals surface area (Å²) in [7, 11) is -4.07. The standard InChI is InChI=1S/C18H18ClN3O4S/c19-15-7-6-14(10-16(15)27(20,25)26)18(24)22-21-17(23)9-11-4-5-12-2-1-3-13(12)8-11/h4-8,10H,1-3,9H2,(H,21,23)(H,22,24)(H2,20,25,26). The fourth-order valence-corrected chi connectivity index (χ4v) is 4.10. The first kappa shape index (κ1) is 19.3. The van der Waals surface area contributed by atoms with Crippen molar-refractivity contribution in [2.75, 3.05) is 0 Å². The van der Waals surface area contributed by atoms with E-state index in [1.165, 1.54) is 23.3 Å². The number of fused-ring (bicyclic) bond motifs is 1. The number of carbonyl (C=O) groups excluding carboxylic acids is 2. The van der Waals surface area contributed by atoms with E-state index < -0.39 is 15.9 Å². The Labute approximate surface area is 161 Å². The van der Waals surface area contributed by atoms with Crippen LogP contribution in [0, 0.1) is 0 Å². The Kier molecular flexibility index (Phi) is 5.50. The molecule has 1 aliphatic carbocycles. The van der Waals surface area contributed by atoms with Gasteiger partial charge in [0.05, 0.1) is 11.4 Å². The van der Waals surface area contributed by atoms with Crippen molar-refractivity contribution in [2.24, 2.45) is 5.14 Å². The molecule has 0 bridgehead atoms. The largest absolute Gasteiger partial charge is 0.273 e. The second-order valence-corrected chi connectivity index (χ2v) is 8.26. The topological polar surface area (TPSA) is 118 Å². The monoisotopic (exact) mass is 407 g/mol. The predicted molar refractivity (Wildman–Crippen MR) is 101 cm³/mol. The summed E-state index contributed by atoms with van der Waals surface area (Å²) in [6, 6.07) is 9.59. The number of benzene rings is 2. The summed E-state index contributed by atoms with van der Waals surface area (Å²) in [6.45, 7) is 0. The van der Waals surface area contributed by atoms with Gasteiger partial charge in [0.1, 0.15) is 4.90 Å². The molecule has 27 heavy (non-hydrogen) atoms. The van der Waals surface area contributed by atoms with Crippen LogP contribution in [0.2, 0.25) is 5.02 Å². The third-order valence-corrected chi connectivity index (χ3v) is 5.74. The maximum absolute atomic E-state index is 12.1. The molecule has 142 valence electrons. The Balaban J connectivity index is 1.61. The Hall–Kier alpha value is -2.42. The number of hydrazine groups is 1. The maximum atomic E-state index is 12.1. The summed E-state index contributed by atoms with van der Waals surface area (Å²) in [5.41, 5.74) is 8.02. The van der Waals surface area contributed by atoms with Crippen LogP contribution in [0.3, 0.4) is 0 Å². The molecule has 0 fully saturated rings. The van der Waals surface area contributed by atoms with E-state index in [2.05, 4.69) is 10.9 Å². The minimum Gasteiger partial charge on any atom is -0.273 e. The molecule has 1 aliphatic rings. The molecule has 2 amide bonds. The quantitative estimate of drug-likeness (QED) is 0.665. The lowest BCUT2D eigenvalue weighted by molar-refractivity contribution is -0.121. The molecule has 0 aliphatic heterocycles. The normalized spacial score (nSPS) is 13.1. The summed E-state index contributed by atoms with van der Waals surface area (Å²) < 4.78 is 22.9. The van der Waals surface area contributed by atoms with Gasteiger partial charge >= 0.3 is 0 Å². The van der Waals surface area contributed by atoms with E-state index in [1.54, 1.807) is 0 Å². The molecule has 0 atom stereocenters. The third-order valence-electron chi connectivity index (χ3n) is 4.34. The summed E-state index contributed by atoms with van der Waals surface area (Å²) in [5, 5.41) is 4.97. The molecule has 3 rings (SSSR count). The van der Waals surface area contributed by atoms with E-state index in [-0.39, 0.29) is 27.8 Å². The molecule has 0 aromatic heterocycles. The number of nitrogens with two attached hydrogens (primary N) is 1. The highest BCUT2D eigenvalue weighted by molar-refractivity contribution is 7.89. The molecule has 2 aromatic carbocycles. The molecule has 9 heteroatoms. The Morgan fingerprint density at radius 2 is 1.78 bits per heavy atom. The minimum atomic E-state index is -4.07. The van der Waals surface area contributed by atoms with E-state index >= 15 is 0 Å². The van der Waals surface area contributed by atoms with Crippen molar-refractivity contribution in [3.63, 3.8) is 0 Å². The fraction of sp³-hybridized carbons (Fsp3) is 0.222. The van der Waals surface area contributed by atoms with Crippen molar-refractivity contribution in [3.05, 3.63) is 63.7 Å². The van der Waals surface area contributed by atoms with Crippen LogP contribution < -0.4 is 16.0 Å². The molecular formula is C18H18ClN3O4S. The molecule has 4 N–H and O–H groups in total. The van der Waals surface area contributed by atoms with Crippen molar-refractivity contribution in [1.82, 2.24) is 10.9 Å². The van der Waals surface area contributed by atoms with Gasteiger partial charge in [-0.1, -0.05) is 29.8 Å². The summed E-state index contributed by atoms with van der Waals surface area (Å²) in [5.74, 6) is -1.07. The van der Waals surface area contributed by atoms with Gasteiger partial charge in [0.2, 0.25) is 15.9 Å². The number of sulfonamides is 1. The average Bonchev–Trinajstić information content (AvgIpc) is 3.06. The molecule has 0 heterocycles. The number of primary sulfonamides is 1. The second kappa shape index (κ2) is 7.67. The van der Waals surface area contributed by atoms with E-state index in [1.807, 2.05) is 18.2 Å². The van der Waals surface area contributed by atoms with E-state index in [0.29, 0.717) is 0 Å². The summed E-state index contributed by atoms with van der Waals surface area (Å²) in [4.78, 5) is 23.8. The fourth-order valence-electron chi connectivity index (χ4n) is 3.03. The Bertz CT molecular complexity index is 1020. The van der Waals surface area contributed by atoms with E-state index in [9.17, 15) is 18.0 Å². The number of aryl methyl sites for hydroxylation is 2. The first-order valence-corrected chi connectivity index (χ1v) is 10.2. The lowest BCUT2D eigenvalue weighted by atomic mass is 10.0. The molecule has 0 unspecified atom stereocenters. The smallest absolute Gasteiger partial charge is 0.269 e. The number of halogens is 1. The van der Waals surface area contributed by atoms with Crippen LogP contribution in [0.15, 0.2) is 41.3 Å². The zero-order valence-corrected chi connectivity index (χ0v) is 15.9. The van der Waals surface area contributed by atoms with Gasteiger partial charge in [-0.25, -0.2) is 13.6 Å². The predicted octanol–water partition coefficient (Wildman–Crippen LogP) is 1.48. The second-order valence-electron chi connectivity index (χ2n) is 6.33.